The number of carboxylic acid groups (broad SMARTS) is 1. The number of aliphatic hydroxyl groups is 1. The Labute approximate surface area is 113 Å². The average molecular weight is 298 g/mol. The number of hydrogen-bond donors (Lipinski definition) is 3. The summed E-state index contributed by atoms with van der Waals surface area (Å²) in [5, 5.41) is 19.9. The molecular formula is C11H17F3N2O4. The zero-order valence-corrected chi connectivity index (χ0v) is 10.7. The number of halogens is 3. The number of aliphatic carboxylic acids is 1. The lowest BCUT2D eigenvalue weighted by Crippen LogP contribution is -2.48. The summed E-state index contributed by atoms with van der Waals surface area (Å²) in [6.07, 6.45) is -3.53. The number of hydrogen-bond acceptors (Lipinski definition) is 3. The summed E-state index contributed by atoms with van der Waals surface area (Å²) in [7, 11) is 0. The number of rotatable bonds is 5. The van der Waals surface area contributed by atoms with Crippen LogP contribution in [-0.4, -0.2) is 59.0 Å². The molecule has 0 aliphatic heterocycles. The van der Waals surface area contributed by atoms with E-state index < -0.39 is 49.8 Å². The van der Waals surface area contributed by atoms with Gasteiger partial charge in [-0.1, -0.05) is 0 Å². The van der Waals surface area contributed by atoms with Gasteiger partial charge in [0.15, 0.2) is 0 Å². The standard InChI is InChI=1S/C11H17F3N2O4/c12-11(13,14)6-16(3-4-17)10(20)15-8-2-1-7(5-8)9(18)19/h7-8,17H,1-6H2,(H,15,20)(H,18,19)/t7-,8+/m1/s1. The minimum Gasteiger partial charge on any atom is -0.481 e. The van der Waals surface area contributed by atoms with E-state index >= 15 is 0 Å². The van der Waals surface area contributed by atoms with E-state index in [1.54, 1.807) is 0 Å². The SMILES string of the molecule is O=C(O)[C@@H]1CC[C@H](NC(=O)N(CCO)CC(F)(F)F)C1. The van der Waals surface area contributed by atoms with Crippen LogP contribution in [0.3, 0.4) is 0 Å². The molecule has 0 aromatic heterocycles. The molecule has 0 heterocycles. The molecule has 1 saturated carbocycles. The van der Waals surface area contributed by atoms with Crippen LogP contribution in [0.4, 0.5) is 18.0 Å². The summed E-state index contributed by atoms with van der Waals surface area (Å²) in [4.78, 5) is 22.9. The molecular weight excluding hydrogens is 281 g/mol. The van der Waals surface area contributed by atoms with E-state index in [4.69, 9.17) is 10.2 Å². The van der Waals surface area contributed by atoms with Crippen molar-refractivity contribution in [2.24, 2.45) is 5.92 Å². The van der Waals surface area contributed by atoms with Crippen molar-refractivity contribution in [1.82, 2.24) is 10.2 Å². The van der Waals surface area contributed by atoms with Gasteiger partial charge in [0.1, 0.15) is 6.54 Å². The van der Waals surface area contributed by atoms with Crippen LogP contribution in [0, 0.1) is 5.92 Å². The molecule has 0 spiro atoms. The first-order valence-corrected chi connectivity index (χ1v) is 6.18. The molecule has 2 amide bonds. The highest BCUT2D eigenvalue weighted by Gasteiger charge is 2.35. The third-order valence-electron chi connectivity index (χ3n) is 3.14. The average Bonchev–Trinajstić information content (AvgIpc) is 2.75. The lowest BCUT2D eigenvalue weighted by atomic mass is 10.1. The highest BCUT2D eigenvalue weighted by Crippen LogP contribution is 2.26. The summed E-state index contributed by atoms with van der Waals surface area (Å²) < 4.78 is 36.9. The maximum Gasteiger partial charge on any atom is 0.406 e. The molecule has 1 aliphatic rings. The molecule has 6 nitrogen and oxygen atoms in total. The Morgan fingerprint density at radius 1 is 1.30 bits per heavy atom. The quantitative estimate of drug-likeness (QED) is 0.700. The van der Waals surface area contributed by atoms with Gasteiger partial charge in [-0.2, -0.15) is 13.2 Å². The van der Waals surface area contributed by atoms with Crippen LogP contribution in [0.5, 0.6) is 0 Å². The minimum absolute atomic E-state index is 0.208. The van der Waals surface area contributed by atoms with Gasteiger partial charge in [-0.25, -0.2) is 4.79 Å². The third-order valence-corrected chi connectivity index (χ3v) is 3.14. The smallest absolute Gasteiger partial charge is 0.406 e. The Morgan fingerprint density at radius 2 is 1.95 bits per heavy atom. The van der Waals surface area contributed by atoms with E-state index in [0.717, 1.165) is 0 Å². The van der Waals surface area contributed by atoms with Crippen LogP contribution < -0.4 is 5.32 Å². The van der Waals surface area contributed by atoms with Gasteiger partial charge in [0.05, 0.1) is 12.5 Å². The Hall–Kier alpha value is -1.51. The first kappa shape index (κ1) is 16.5. The van der Waals surface area contributed by atoms with Crippen molar-refractivity contribution in [2.75, 3.05) is 19.7 Å². The first-order valence-electron chi connectivity index (χ1n) is 6.18. The lowest BCUT2D eigenvalue weighted by Gasteiger charge is -2.25. The Bertz CT molecular complexity index is 362. The Morgan fingerprint density at radius 3 is 2.40 bits per heavy atom. The lowest BCUT2D eigenvalue weighted by molar-refractivity contribution is -0.141. The Balaban J connectivity index is 2.52. The van der Waals surface area contributed by atoms with Gasteiger partial charge in [0.25, 0.3) is 0 Å². The van der Waals surface area contributed by atoms with Crippen molar-refractivity contribution in [1.29, 1.82) is 0 Å². The van der Waals surface area contributed by atoms with Crippen LogP contribution in [-0.2, 0) is 4.79 Å². The normalized spacial score (nSPS) is 22.6. The van der Waals surface area contributed by atoms with Crippen molar-refractivity contribution >= 4 is 12.0 Å². The van der Waals surface area contributed by atoms with Crippen LogP contribution in [0.15, 0.2) is 0 Å². The molecule has 1 aliphatic carbocycles. The van der Waals surface area contributed by atoms with Crippen LogP contribution in [0.25, 0.3) is 0 Å². The molecule has 0 radical (unpaired) electrons. The van der Waals surface area contributed by atoms with Crippen LogP contribution in [0.2, 0.25) is 0 Å². The largest absolute Gasteiger partial charge is 0.481 e. The molecule has 0 saturated heterocycles. The summed E-state index contributed by atoms with van der Waals surface area (Å²) in [6, 6.07) is -1.38. The number of aliphatic hydroxyl groups excluding tert-OH is 1. The molecule has 9 heteroatoms. The number of nitrogens with zero attached hydrogens (tertiary/aromatic N) is 1. The molecule has 20 heavy (non-hydrogen) atoms. The zero-order valence-electron chi connectivity index (χ0n) is 10.7. The first-order chi connectivity index (χ1) is 9.23. The second-order valence-corrected chi connectivity index (χ2v) is 4.75. The number of amides is 2. The number of carboxylic acids is 1. The molecule has 116 valence electrons. The molecule has 0 aromatic carbocycles. The fourth-order valence-corrected chi connectivity index (χ4v) is 2.19. The van der Waals surface area contributed by atoms with E-state index in [9.17, 15) is 22.8 Å². The van der Waals surface area contributed by atoms with Crippen molar-refractivity contribution in [2.45, 2.75) is 31.5 Å². The molecule has 0 bridgehead atoms. The second-order valence-electron chi connectivity index (χ2n) is 4.75. The van der Waals surface area contributed by atoms with Crippen molar-refractivity contribution in [3.8, 4) is 0 Å². The number of urea groups is 1. The summed E-state index contributed by atoms with van der Waals surface area (Å²) in [5.74, 6) is -1.54. The van der Waals surface area contributed by atoms with Gasteiger partial charge in [0, 0.05) is 12.6 Å². The number of carbonyl (C=O) groups excluding carboxylic acids is 1. The summed E-state index contributed by atoms with van der Waals surface area (Å²) in [6.45, 7) is -2.46. The van der Waals surface area contributed by atoms with E-state index in [1.807, 2.05) is 0 Å². The van der Waals surface area contributed by atoms with Crippen LogP contribution >= 0.6 is 0 Å². The highest BCUT2D eigenvalue weighted by atomic mass is 19.4. The fraction of sp³-hybridized carbons (Fsp3) is 0.818. The van der Waals surface area contributed by atoms with E-state index in [-0.39, 0.29) is 6.42 Å². The predicted molar refractivity (Wildman–Crippen MR) is 62.0 cm³/mol. The van der Waals surface area contributed by atoms with Gasteiger partial charge in [0.2, 0.25) is 0 Å². The van der Waals surface area contributed by atoms with E-state index in [2.05, 4.69) is 5.32 Å². The van der Waals surface area contributed by atoms with Gasteiger partial charge in [-0.05, 0) is 19.3 Å². The highest BCUT2D eigenvalue weighted by molar-refractivity contribution is 5.75. The van der Waals surface area contributed by atoms with Gasteiger partial charge >= 0.3 is 18.2 Å². The van der Waals surface area contributed by atoms with Gasteiger partial charge in [-0.15, -0.1) is 0 Å². The Kier molecular flexibility index (Phi) is 5.61. The third kappa shape index (κ3) is 5.24. The van der Waals surface area contributed by atoms with Gasteiger partial charge < -0.3 is 20.4 Å². The monoisotopic (exact) mass is 298 g/mol. The molecule has 2 atom stereocenters. The second kappa shape index (κ2) is 6.78. The topological polar surface area (TPSA) is 89.9 Å². The van der Waals surface area contributed by atoms with Crippen molar-refractivity contribution < 1.29 is 33.0 Å². The molecule has 1 rings (SSSR count). The summed E-state index contributed by atoms with van der Waals surface area (Å²) >= 11 is 0. The van der Waals surface area contributed by atoms with Crippen LogP contribution in [0.1, 0.15) is 19.3 Å². The maximum atomic E-state index is 12.3. The fourth-order valence-electron chi connectivity index (χ4n) is 2.19. The number of alkyl halides is 3. The minimum atomic E-state index is -4.55. The number of nitrogens with one attached hydrogen (secondary N) is 1. The van der Waals surface area contributed by atoms with E-state index in [1.165, 1.54) is 0 Å². The molecule has 0 aromatic rings. The predicted octanol–water partition coefficient (Wildman–Crippen LogP) is 0.806. The zero-order chi connectivity index (χ0) is 15.3. The van der Waals surface area contributed by atoms with Gasteiger partial charge in [-0.3, -0.25) is 4.79 Å². The van der Waals surface area contributed by atoms with Crippen molar-refractivity contribution in [3.05, 3.63) is 0 Å². The number of carbonyl (C=O) groups is 2. The van der Waals surface area contributed by atoms with Crippen molar-refractivity contribution in [3.63, 3.8) is 0 Å². The molecule has 1 fully saturated rings. The molecule has 0 unspecified atom stereocenters. The molecule has 3 N–H and O–H groups in total. The summed E-state index contributed by atoms with van der Waals surface area (Å²) in [5.41, 5.74) is 0. The maximum absolute atomic E-state index is 12.3. The van der Waals surface area contributed by atoms with E-state index in [0.29, 0.717) is 17.7 Å².